The lowest BCUT2D eigenvalue weighted by Gasteiger charge is -2.22. The molecule has 162 valence electrons. The summed E-state index contributed by atoms with van der Waals surface area (Å²) < 4.78 is 5.26. The van der Waals surface area contributed by atoms with Crippen LogP contribution < -0.4 is 4.74 Å². The van der Waals surface area contributed by atoms with E-state index in [0.717, 1.165) is 68.8 Å². The zero-order chi connectivity index (χ0) is 21.2. The Labute approximate surface area is 184 Å². The number of aromatic nitrogens is 1. The molecule has 1 amide bonds. The highest BCUT2D eigenvalue weighted by Gasteiger charge is 2.24. The van der Waals surface area contributed by atoms with Crippen LogP contribution in [0.2, 0.25) is 0 Å². The molecule has 0 spiro atoms. The van der Waals surface area contributed by atoms with E-state index in [0.29, 0.717) is 0 Å². The van der Waals surface area contributed by atoms with Crippen molar-refractivity contribution >= 4 is 16.8 Å². The van der Waals surface area contributed by atoms with Gasteiger partial charge in [0.15, 0.2) is 0 Å². The molecule has 1 N–H and O–H groups in total. The van der Waals surface area contributed by atoms with Crippen LogP contribution in [0, 0.1) is 0 Å². The fourth-order valence-corrected chi connectivity index (χ4v) is 5.10. The van der Waals surface area contributed by atoms with Crippen molar-refractivity contribution in [1.82, 2.24) is 14.8 Å². The van der Waals surface area contributed by atoms with E-state index in [2.05, 4.69) is 28.1 Å². The highest BCUT2D eigenvalue weighted by atomic mass is 16.5. The molecule has 0 radical (unpaired) electrons. The second-order valence-corrected chi connectivity index (χ2v) is 8.79. The average Bonchev–Trinajstić information content (AvgIpc) is 3.04. The predicted molar refractivity (Wildman–Crippen MR) is 124 cm³/mol. The van der Waals surface area contributed by atoms with E-state index in [1.807, 2.05) is 29.2 Å². The minimum absolute atomic E-state index is 0.162. The van der Waals surface area contributed by atoms with Gasteiger partial charge >= 0.3 is 0 Å². The Hall–Kier alpha value is -2.79. The molecule has 2 aliphatic rings. The lowest BCUT2D eigenvalue weighted by atomic mass is 9.95. The van der Waals surface area contributed by atoms with E-state index in [4.69, 9.17) is 4.74 Å². The summed E-state index contributed by atoms with van der Waals surface area (Å²) in [6.45, 7) is 4.40. The Balaban J connectivity index is 1.30. The van der Waals surface area contributed by atoms with Crippen LogP contribution in [0.5, 0.6) is 5.75 Å². The first-order valence-electron chi connectivity index (χ1n) is 11.5. The van der Waals surface area contributed by atoms with Gasteiger partial charge in [0.2, 0.25) is 0 Å². The fourth-order valence-electron chi connectivity index (χ4n) is 5.10. The Morgan fingerprint density at radius 3 is 2.65 bits per heavy atom. The van der Waals surface area contributed by atoms with Gasteiger partial charge in [-0.25, -0.2) is 0 Å². The number of hydrogen-bond donors (Lipinski definition) is 1. The number of carbonyl (C=O) groups is 1. The molecule has 5 heteroatoms. The number of aryl methyl sites for hydroxylation is 2. The molecule has 0 bridgehead atoms. The number of hydrogen-bond acceptors (Lipinski definition) is 3. The van der Waals surface area contributed by atoms with Crippen LogP contribution in [-0.2, 0) is 19.4 Å². The maximum Gasteiger partial charge on any atom is 0.256 e. The third-order valence-electron chi connectivity index (χ3n) is 6.80. The second-order valence-electron chi connectivity index (χ2n) is 8.79. The van der Waals surface area contributed by atoms with Crippen LogP contribution >= 0.6 is 0 Å². The van der Waals surface area contributed by atoms with Crippen LogP contribution in [-0.4, -0.2) is 54.0 Å². The number of H-pyrrole nitrogens is 1. The molecule has 0 saturated carbocycles. The molecular weight excluding hydrogens is 386 g/mol. The minimum Gasteiger partial charge on any atom is -0.497 e. The lowest BCUT2D eigenvalue weighted by molar-refractivity contribution is 0.0763. The SMILES string of the molecule is COc1ccc(CN2CCCN(C(=O)c3cccc4c5c([nH]c34)CCCC5)CC2)cc1. The fraction of sp³-hybridized carbons (Fsp3) is 0.423. The second kappa shape index (κ2) is 8.75. The molecule has 31 heavy (non-hydrogen) atoms. The minimum atomic E-state index is 0.162. The van der Waals surface area contributed by atoms with E-state index >= 15 is 0 Å². The Bertz CT molecular complexity index is 1070. The van der Waals surface area contributed by atoms with Gasteiger partial charge in [-0.2, -0.15) is 0 Å². The number of benzene rings is 2. The van der Waals surface area contributed by atoms with Crippen molar-refractivity contribution in [3.05, 3.63) is 64.8 Å². The number of ether oxygens (including phenoxy) is 1. The third-order valence-corrected chi connectivity index (χ3v) is 6.80. The molecule has 1 fully saturated rings. The summed E-state index contributed by atoms with van der Waals surface area (Å²) in [5, 5.41) is 1.25. The van der Waals surface area contributed by atoms with Gasteiger partial charge in [0.05, 0.1) is 18.2 Å². The molecular formula is C26H31N3O2. The van der Waals surface area contributed by atoms with Gasteiger partial charge in [0.25, 0.3) is 5.91 Å². The van der Waals surface area contributed by atoms with Crippen molar-refractivity contribution in [2.45, 2.75) is 38.6 Å². The molecule has 2 heterocycles. The molecule has 0 atom stereocenters. The van der Waals surface area contributed by atoms with Gasteiger partial charge in [-0.3, -0.25) is 9.69 Å². The van der Waals surface area contributed by atoms with Crippen LogP contribution in [0.1, 0.15) is 46.4 Å². The lowest BCUT2D eigenvalue weighted by Crippen LogP contribution is -2.35. The number of nitrogens with zero attached hydrogens (tertiary/aromatic N) is 2. The Morgan fingerprint density at radius 1 is 0.968 bits per heavy atom. The predicted octanol–water partition coefficient (Wildman–Crippen LogP) is 4.40. The highest BCUT2D eigenvalue weighted by Crippen LogP contribution is 2.31. The maximum absolute atomic E-state index is 13.5. The Morgan fingerprint density at radius 2 is 1.81 bits per heavy atom. The van der Waals surface area contributed by atoms with Gasteiger partial charge in [-0.15, -0.1) is 0 Å². The summed E-state index contributed by atoms with van der Waals surface area (Å²) in [5.41, 5.74) is 5.91. The first-order chi connectivity index (χ1) is 15.2. The smallest absolute Gasteiger partial charge is 0.256 e. The van der Waals surface area contributed by atoms with Crippen molar-refractivity contribution in [1.29, 1.82) is 0 Å². The molecule has 1 aliphatic carbocycles. The number of amides is 1. The summed E-state index contributed by atoms with van der Waals surface area (Å²) in [4.78, 5) is 21.6. The van der Waals surface area contributed by atoms with Gasteiger partial charge in [-0.05, 0) is 61.4 Å². The summed E-state index contributed by atoms with van der Waals surface area (Å²) >= 11 is 0. The van der Waals surface area contributed by atoms with Crippen LogP contribution in [0.4, 0.5) is 0 Å². The molecule has 1 aliphatic heterocycles. The van der Waals surface area contributed by atoms with E-state index in [9.17, 15) is 4.79 Å². The third kappa shape index (κ3) is 4.07. The van der Waals surface area contributed by atoms with Crippen molar-refractivity contribution < 1.29 is 9.53 Å². The van der Waals surface area contributed by atoms with E-state index in [-0.39, 0.29) is 5.91 Å². The number of carbonyl (C=O) groups excluding carboxylic acids is 1. The number of nitrogens with one attached hydrogen (secondary N) is 1. The summed E-state index contributed by atoms with van der Waals surface area (Å²) in [7, 11) is 1.69. The van der Waals surface area contributed by atoms with Crippen LogP contribution in [0.15, 0.2) is 42.5 Å². The zero-order valence-electron chi connectivity index (χ0n) is 18.3. The monoisotopic (exact) mass is 417 g/mol. The summed E-state index contributed by atoms with van der Waals surface area (Å²) in [6.07, 6.45) is 5.70. The zero-order valence-corrected chi connectivity index (χ0v) is 18.3. The topological polar surface area (TPSA) is 48.6 Å². The summed E-state index contributed by atoms with van der Waals surface area (Å²) in [5.74, 6) is 1.05. The Kier molecular flexibility index (Phi) is 5.68. The van der Waals surface area contributed by atoms with Crippen molar-refractivity contribution in [3.8, 4) is 5.75 Å². The first kappa shape index (κ1) is 20.1. The molecule has 5 rings (SSSR count). The van der Waals surface area contributed by atoms with Crippen molar-refractivity contribution in [2.75, 3.05) is 33.3 Å². The number of fused-ring (bicyclic) bond motifs is 3. The average molecular weight is 418 g/mol. The van der Waals surface area contributed by atoms with Gasteiger partial charge in [-0.1, -0.05) is 24.3 Å². The van der Waals surface area contributed by atoms with E-state index < -0.39 is 0 Å². The molecule has 1 aromatic heterocycles. The largest absolute Gasteiger partial charge is 0.497 e. The molecule has 1 saturated heterocycles. The van der Waals surface area contributed by atoms with Gasteiger partial charge in [0.1, 0.15) is 5.75 Å². The molecule has 0 unspecified atom stereocenters. The highest BCUT2D eigenvalue weighted by molar-refractivity contribution is 6.06. The van der Waals surface area contributed by atoms with E-state index in [1.54, 1.807) is 7.11 Å². The number of rotatable bonds is 4. The standard InChI is InChI=1S/C26H31N3O2/c1-31-20-12-10-19(11-13-20)18-28-14-5-15-29(17-16-28)26(30)23-8-4-7-22-21-6-2-3-9-24(21)27-25(22)23/h4,7-8,10-13,27H,2-3,5-6,9,14-18H2,1H3. The van der Waals surface area contributed by atoms with Gasteiger partial charge < -0.3 is 14.6 Å². The van der Waals surface area contributed by atoms with Crippen molar-refractivity contribution in [2.24, 2.45) is 0 Å². The van der Waals surface area contributed by atoms with Crippen LogP contribution in [0.25, 0.3) is 10.9 Å². The molecule has 5 nitrogen and oxygen atoms in total. The molecule has 3 aromatic rings. The van der Waals surface area contributed by atoms with Crippen LogP contribution in [0.3, 0.4) is 0 Å². The van der Waals surface area contributed by atoms with Crippen molar-refractivity contribution in [3.63, 3.8) is 0 Å². The first-order valence-corrected chi connectivity index (χ1v) is 11.5. The van der Waals surface area contributed by atoms with Gasteiger partial charge in [0, 0.05) is 43.8 Å². The number of aromatic amines is 1. The number of para-hydroxylation sites is 1. The maximum atomic E-state index is 13.5. The molecule has 2 aromatic carbocycles. The number of methoxy groups -OCH3 is 1. The summed E-state index contributed by atoms with van der Waals surface area (Å²) in [6, 6.07) is 14.5. The quantitative estimate of drug-likeness (QED) is 0.684. The normalized spacial score (nSPS) is 17.4. The van der Waals surface area contributed by atoms with E-state index in [1.165, 1.54) is 35.0 Å².